The van der Waals surface area contributed by atoms with Crippen molar-refractivity contribution in [2.75, 3.05) is 13.1 Å². The van der Waals surface area contributed by atoms with E-state index in [9.17, 15) is 19.8 Å². The molecule has 186 valence electrons. The molecule has 0 aliphatic heterocycles. The molecule has 0 saturated carbocycles. The van der Waals surface area contributed by atoms with Gasteiger partial charge in [-0.1, -0.05) is 0 Å². The minimum Gasteiger partial charge on any atom is -0.508 e. The summed E-state index contributed by atoms with van der Waals surface area (Å²) < 4.78 is 0. The van der Waals surface area contributed by atoms with E-state index in [0.717, 1.165) is 32.9 Å². The Morgan fingerprint density at radius 1 is 0.857 bits per heavy atom. The standard InChI is InChI=1S/C25H29N5O4.ClH/c26-21(25(34)28-10-8-16-14-30-23-5-2-18(32)12-20(16)23)3-6-24(33)27-9-7-15-13-29-22-4-1-17(31)11-19(15)22;/h1-2,4-5,11-14,21,29-32H,3,6-10,26H2,(H,27,33)(H,28,34);1H/t21-;/m0./s1. The van der Waals surface area contributed by atoms with E-state index in [1.807, 2.05) is 18.5 Å². The van der Waals surface area contributed by atoms with Gasteiger partial charge in [-0.3, -0.25) is 9.59 Å². The fourth-order valence-electron chi connectivity index (χ4n) is 4.04. The molecule has 0 aliphatic carbocycles. The highest BCUT2D eigenvalue weighted by Crippen LogP contribution is 2.24. The number of benzene rings is 2. The first kappa shape index (κ1) is 25.9. The fraction of sp³-hybridized carbons (Fsp3) is 0.280. The molecule has 9 nitrogen and oxygen atoms in total. The molecule has 0 fully saturated rings. The maximum absolute atomic E-state index is 12.3. The van der Waals surface area contributed by atoms with E-state index in [4.69, 9.17) is 5.73 Å². The minimum atomic E-state index is -0.769. The van der Waals surface area contributed by atoms with Gasteiger partial charge in [-0.25, -0.2) is 0 Å². The van der Waals surface area contributed by atoms with Crippen LogP contribution in [0.4, 0.5) is 0 Å². The number of phenolic OH excluding ortho intramolecular Hbond substituents is 2. The molecule has 4 rings (SSSR count). The molecule has 2 amide bonds. The van der Waals surface area contributed by atoms with E-state index in [2.05, 4.69) is 20.6 Å². The molecule has 2 aromatic heterocycles. The van der Waals surface area contributed by atoms with Crippen LogP contribution in [-0.4, -0.2) is 51.1 Å². The second kappa shape index (κ2) is 11.6. The van der Waals surface area contributed by atoms with Crippen LogP contribution in [-0.2, 0) is 22.4 Å². The Labute approximate surface area is 208 Å². The van der Waals surface area contributed by atoms with Crippen molar-refractivity contribution in [3.05, 3.63) is 59.9 Å². The molecule has 0 spiro atoms. The quantitative estimate of drug-likeness (QED) is 0.178. The van der Waals surface area contributed by atoms with Crippen LogP contribution in [0, 0.1) is 0 Å². The number of phenols is 2. The fourth-order valence-corrected chi connectivity index (χ4v) is 4.04. The molecule has 10 heteroatoms. The van der Waals surface area contributed by atoms with E-state index in [1.54, 1.807) is 30.3 Å². The molecule has 8 N–H and O–H groups in total. The van der Waals surface area contributed by atoms with Crippen molar-refractivity contribution < 1.29 is 19.8 Å². The van der Waals surface area contributed by atoms with Crippen molar-refractivity contribution in [1.82, 2.24) is 20.6 Å². The number of rotatable bonds is 10. The Balaban J connectivity index is 0.00000342. The van der Waals surface area contributed by atoms with Gasteiger partial charge in [0.05, 0.1) is 6.04 Å². The van der Waals surface area contributed by atoms with Crippen LogP contribution >= 0.6 is 12.4 Å². The Hall–Kier alpha value is -3.69. The van der Waals surface area contributed by atoms with Crippen LogP contribution in [0.15, 0.2) is 48.8 Å². The number of H-pyrrole nitrogens is 2. The van der Waals surface area contributed by atoms with Crippen LogP contribution in [0.1, 0.15) is 24.0 Å². The predicted molar refractivity (Wildman–Crippen MR) is 138 cm³/mol. The van der Waals surface area contributed by atoms with Gasteiger partial charge < -0.3 is 36.5 Å². The maximum atomic E-state index is 12.3. The summed E-state index contributed by atoms with van der Waals surface area (Å²) >= 11 is 0. The van der Waals surface area contributed by atoms with Crippen molar-refractivity contribution in [3.8, 4) is 11.5 Å². The van der Waals surface area contributed by atoms with E-state index < -0.39 is 6.04 Å². The van der Waals surface area contributed by atoms with Crippen LogP contribution in [0.25, 0.3) is 21.8 Å². The normalized spacial score (nSPS) is 11.8. The number of carbonyl (C=O) groups excluding carboxylic acids is 2. The van der Waals surface area contributed by atoms with Crippen LogP contribution in [0.3, 0.4) is 0 Å². The lowest BCUT2D eigenvalue weighted by Gasteiger charge is -2.12. The number of aromatic hydroxyl groups is 2. The zero-order valence-corrected chi connectivity index (χ0v) is 20.0. The second-order valence-electron chi connectivity index (χ2n) is 8.37. The molecule has 2 aromatic carbocycles. The van der Waals surface area contributed by atoms with E-state index >= 15 is 0 Å². The molecule has 1 atom stereocenters. The van der Waals surface area contributed by atoms with Gasteiger partial charge in [0, 0.05) is 53.7 Å². The Bertz CT molecular complexity index is 1320. The molecule has 0 unspecified atom stereocenters. The molecular weight excluding hydrogens is 470 g/mol. The SMILES string of the molecule is Cl.N[C@@H](CCC(=O)NCCc1c[nH]c2ccc(O)cc12)C(=O)NCCc1c[nH]c2ccc(O)cc12. The second-order valence-corrected chi connectivity index (χ2v) is 8.37. The number of amides is 2. The Morgan fingerprint density at radius 3 is 1.91 bits per heavy atom. The average molecular weight is 500 g/mol. The van der Waals surface area contributed by atoms with Crippen molar-refractivity contribution in [2.45, 2.75) is 31.7 Å². The lowest BCUT2D eigenvalue weighted by Crippen LogP contribution is -2.42. The maximum Gasteiger partial charge on any atom is 0.236 e. The molecule has 0 bridgehead atoms. The summed E-state index contributed by atoms with van der Waals surface area (Å²) in [7, 11) is 0. The van der Waals surface area contributed by atoms with Gasteiger partial charge in [-0.2, -0.15) is 0 Å². The highest BCUT2D eigenvalue weighted by atomic mass is 35.5. The number of nitrogens with two attached hydrogens (primary N) is 1. The number of halogens is 1. The van der Waals surface area contributed by atoms with Crippen LogP contribution in [0.2, 0.25) is 0 Å². The predicted octanol–water partition coefficient (Wildman–Crippen LogP) is 2.61. The number of carbonyl (C=O) groups is 2. The average Bonchev–Trinajstić information content (AvgIpc) is 3.41. The number of nitrogens with one attached hydrogen (secondary N) is 4. The van der Waals surface area contributed by atoms with Crippen molar-refractivity contribution in [3.63, 3.8) is 0 Å². The summed E-state index contributed by atoms with van der Waals surface area (Å²) in [6.45, 7) is 0.852. The van der Waals surface area contributed by atoms with Gasteiger partial charge in [0.25, 0.3) is 0 Å². The minimum absolute atomic E-state index is 0. The van der Waals surface area contributed by atoms with Crippen LogP contribution < -0.4 is 16.4 Å². The molecule has 2 heterocycles. The summed E-state index contributed by atoms with van der Waals surface area (Å²) in [5.74, 6) is -0.0672. The van der Waals surface area contributed by atoms with Gasteiger partial charge >= 0.3 is 0 Å². The third kappa shape index (κ3) is 6.46. The zero-order chi connectivity index (χ0) is 24.1. The highest BCUT2D eigenvalue weighted by Gasteiger charge is 2.15. The van der Waals surface area contributed by atoms with Gasteiger partial charge in [0.15, 0.2) is 0 Å². The van der Waals surface area contributed by atoms with Gasteiger partial charge in [-0.15, -0.1) is 12.4 Å². The number of fused-ring (bicyclic) bond motifs is 2. The Morgan fingerprint density at radius 2 is 1.37 bits per heavy atom. The first-order chi connectivity index (χ1) is 16.4. The summed E-state index contributed by atoms with van der Waals surface area (Å²) in [6.07, 6.45) is 5.35. The summed E-state index contributed by atoms with van der Waals surface area (Å²) in [4.78, 5) is 30.7. The van der Waals surface area contributed by atoms with Gasteiger partial charge in [0.1, 0.15) is 11.5 Å². The largest absolute Gasteiger partial charge is 0.508 e. The van der Waals surface area contributed by atoms with Crippen molar-refractivity contribution in [1.29, 1.82) is 0 Å². The monoisotopic (exact) mass is 499 g/mol. The third-order valence-electron chi connectivity index (χ3n) is 5.93. The van der Waals surface area contributed by atoms with E-state index in [1.165, 1.54) is 0 Å². The van der Waals surface area contributed by atoms with Gasteiger partial charge in [0.2, 0.25) is 11.8 Å². The number of aromatic nitrogens is 2. The summed E-state index contributed by atoms with van der Waals surface area (Å²) in [6, 6.07) is 9.47. The first-order valence-corrected chi connectivity index (χ1v) is 11.3. The summed E-state index contributed by atoms with van der Waals surface area (Å²) in [5, 5.41) is 26.8. The van der Waals surface area contributed by atoms with E-state index in [0.29, 0.717) is 25.9 Å². The summed E-state index contributed by atoms with van der Waals surface area (Å²) in [5.41, 5.74) is 9.81. The van der Waals surface area contributed by atoms with Crippen molar-refractivity contribution in [2.24, 2.45) is 5.73 Å². The zero-order valence-electron chi connectivity index (χ0n) is 19.1. The number of aromatic amines is 2. The smallest absolute Gasteiger partial charge is 0.236 e. The lowest BCUT2D eigenvalue weighted by molar-refractivity contribution is -0.123. The lowest BCUT2D eigenvalue weighted by atomic mass is 10.1. The highest BCUT2D eigenvalue weighted by molar-refractivity contribution is 5.86. The molecule has 0 radical (unpaired) electrons. The molecular formula is C25H30ClN5O4. The van der Waals surface area contributed by atoms with E-state index in [-0.39, 0.29) is 48.6 Å². The third-order valence-corrected chi connectivity index (χ3v) is 5.93. The number of hydrogen-bond donors (Lipinski definition) is 7. The van der Waals surface area contributed by atoms with Crippen molar-refractivity contribution >= 4 is 46.0 Å². The van der Waals surface area contributed by atoms with Gasteiger partial charge in [-0.05, 0) is 66.8 Å². The topological polar surface area (TPSA) is 156 Å². The molecule has 35 heavy (non-hydrogen) atoms. The first-order valence-electron chi connectivity index (χ1n) is 11.3. The molecule has 0 saturated heterocycles. The Kier molecular flexibility index (Phi) is 8.62. The van der Waals surface area contributed by atoms with Crippen LogP contribution in [0.5, 0.6) is 11.5 Å². The molecule has 0 aliphatic rings. The number of hydrogen-bond acceptors (Lipinski definition) is 5. The molecule has 4 aromatic rings.